The van der Waals surface area contributed by atoms with E-state index in [1.807, 2.05) is 37.3 Å². The summed E-state index contributed by atoms with van der Waals surface area (Å²) in [4.78, 5) is 18.0. The highest BCUT2D eigenvalue weighted by atomic mass is 32.2. The molecule has 0 saturated carbocycles. The summed E-state index contributed by atoms with van der Waals surface area (Å²) in [6.07, 6.45) is 6.69. The van der Waals surface area contributed by atoms with Crippen LogP contribution in [0.5, 0.6) is 17.2 Å². The number of carbonyl (C=O) groups excluding carboxylic acids is 1. The Morgan fingerprint density at radius 1 is 1.12 bits per heavy atom. The van der Waals surface area contributed by atoms with E-state index in [1.165, 1.54) is 0 Å². The molecule has 1 aliphatic rings. The monoisotopic (exact) mass is 563 g/mol. The van der Waals surface area contributed by atoms with Crippen LogP contribution in [0.2, 0.25) is 0 Å². The maximum atomic E-state index is 13.5. The van der Waals surface area contributed by atoms with Gasteiger partial charge in [-0.2, -0.15) is 0 Å². The molecule has 3 aromatic rings. The van der Waals surface area contributed by atoms with Gasteiger partial charge in [0.05, 0.1) is 18.6 Å². The third kappa shape index (κ3) is 7.70. The summed E-state index contributed by atoms with van der Waals surface area (Å²) in [6, 6.07) is 13.2. The lowest BCUT2D eigenvalue weighted by molar-refractivity contribution is 0.102. The van der Waals surface area contributed by atoms with Crippen LogP contribution in [-0.2, 0) is 28.4 Å². The van der Waals surface area contributed by atoms with E-state index < -0.39 is 10.8 Å². The van der Waals surface area contributed by atoms with E-state index in [1.54, 1.807) is 31.7 Å². The van der Waals surface area contributed by atoms with Gasteiger partial charge in [-0.05, 0) is 86.0 Å². The number of pyridine rings is 1. The Hall–Kier alpha value is -3.23. The maximum absolute atomic E-state index is 13.5. The molecule has 1 saturated heterocycles. The van der Waals surface area contributed by atoms with Gasteiger partial charge in [-0.15, -0.1) is 0 Å². The van der Waals surface area contributed by atoms with Crippen LogP contribution in [0.25, 0.3) is 0 Å². The summed E-state index contributed by atoms with van der Waals surface area (Å²) in [5.41, 5.74) is 4.62. The highest BCUT2D eigenvalue weighted by Gasteiger charge is 2.22. The van der Waals surface area contributed by atoms with Crippen molar-refractivity contribution >= 4 is 22.4 Å². The minimum absolute atomic E-state index is 0.169. The SMILES string of the molecule is COc1c(CS(C)=O)cc(C(C)(C)C)cc1NC(=O)c1ccc(C)c(Oc2ccnc(CC3CCNCC3)c2)c1. The van der Waals surface area contributed by atoms with Gasteiger partial charge in [0, 0.05) is 46.1 Å². The zero-order valence-corrected chi connectivity index (χ0v) is 25.2. The number of hydrogen-bond acceptors (Lipinski definition) is 6. The van der Waals surface area contributed by atoms with E-state index in [0.717, 1.165) is 54.7 Å². The second kappa shape index (κ2) is 13.0. The van der Waals surface area contributed by atoms with E-state index >= 15 is 0 Å². The van der Waals surface area contributed by atoms with Crippen LogP contribution in [0.1, 0.15) is 66.4 Å². The number of benzene rings is 2. The second-order valence-electron chi connectivity index (χ2n) is 11.6. The maximum Gasteiger partial charge on any atom is 0.255 e. The Morgan fingerprint density at radius 3 is 2.55 bits per heavy atom. The highest BCUT2D eigenvalue weighted by molar-refractivity contribution is 7.83. The van der Waals surface area contributed by atoms with E-state index in [2.05, 4.69) is 36.4 Å². The van der Waals surface area contributed by atoms with Crippen molar-refractivity contribution in [1.29, 1.82) is 0 Å². The molecule has 8 heteroatoms. The van der Waals surface area contributed by atoms with Crippen molar-refractivity contribution in [2.75, 3.05) is 31.8 Å². The number of carbonyl (C=O) groups is 1. The first-order chi connectivity index (χ1) is 19.0. The molecular formula is C32H41N3O4S. The molecule has 1 aromatic heterocycles. The minimum Gasteiger partial charge on any atom is -0.494 e. The lowest BCUT2D eigenvalue weighted by Gasteiger charge is -2.23. The number of aryl methyl sites for hydroxylation is 1. The molecule has 7 nitrogen and oxygen atoms in total. The van der Waals surface area contributed by atoms with Crippen LogP contribution >= 0.6 is 0 Å². The number of methoxy groups -OCH3 is 1. The molecule has 0 radical (unpaired) electrons. The van der Waals surface area contributed by atoms with Crippen molar-refractivity contribution in [3.8, 4) is 17.2 Å². The van der Waals surface area contributed by atoms with Crippen molar-refractivity contribution in [3.63, 3.8) is 0 Å². The quantitative estimate of drug-likeness (QED) is 0.324. The molecule has 2 N–H and O–H groups in total. The summed E-state index contributed by atoms with van der Waals surface area (Å²) in [7, 11) is 0.499. The van der Waals surface area contributed by atoms with Crippen molar-refractivity contribution in [2.45, 2.75) is 58.1 Å². The van der Waals surface area contributed by atoms with Gasteiger partial charge in [-0.3, -0.25) is 14.0 Å². The Bertz CT molecular complexity index is 1380. The van der Waals surface area contributed by atoms with Gasteiger partial charge < -0.3 is 20.1 Å². The van der Waals surface area contributed by atoms with Crippen molar-refractivity contribution in [3.05, 3.63) is 76.6 Å². The van der Waals surface area contributed by atoms with E-state index in [9.17, 15) is 9.00 Å². The normalized spacial score (nSPS) is 14.9. The van der Waals surface area contributed by atoms with Crippen molar-refractivity contribution in [1.82, 2.24) is 10.3 Å². The Balaban J connectivity index is 1.57. The lowest BCUT2D eigenvalue weighted by atomic mass is 9.85. The standard InChI is InChI=1S/C32H41N3O4S/c1-21-7-8-23(17-29(21)39-27-11-14-34-26(19-27)15-22-9-12-33-13-10-22)31(36)35-28-18-25(32(2,3)4)16-24(20-40(6)37)30(28)38-5/h7-8,11,14,16-19,22,33H,9-10,12-13,15,20H2,1-6H3,(H,35,36). The summed E-state index contributed by atoms with van der Waals surface area (Å²) in [5, 5.41) is 6.44. The van der Waals surface area contributed by atoms with Gasteiger partial charge in [0.15, 0.2) is 0 Å². The molecule has 4 rings (SSSR count). The zero-order valence-electron chi connectivity index (χ0n) is 24.4. The first-order valence-electron chi connectivity index (χ1n) is 13.8. The molecule has 2 heterocycles. The number of piperidine rings is 1. The van der Waals surface area contributed by atoms with Crippen LogP contribution in [-0.4, -0.2) is 41.6 Å². The predicted octanol–water partition coefficient (Wildman–Crippen LogP) is 6.16. The van der Waals surface area contributed by atoms with Crippen LogP contribution in [0.15, 0.2) is 48.7 Å². The average molecular weight is 564 g/mol. The summed E-state index contributed by atoms with van der Waals surface area (Å²) in [5.74, 6) is 2.53. The third-order valence-corrected chi connectivity index (χ3v) is 7.98. The molecule has 2 aromatic carbocycles. The number of hydrogen-bond donors (Lipinski definition) is 2. The van der Waals surface area contributed by atoms with Crippen molar-refractivity contribution < 1.29 is 18.5 Å². The van der Waals surface area contributed by atoms with E-state index in [0.29, 0.717) is 40.2 Å². The van der Waals surface area contributed by atoms with Crippen LogP contribution in [0.4, 0.5) is 5.69 Å². The topological polar surface area (TPSA) is 89.5 Å². The molecule has 1 fully saturated rings. The molecule has 1 aliphatic heterocycles. The van der Waals surface area contributed by atoms with Gasteiger partial charge in [-0.1, -0.05) is 32.9 Å². The third-order valence-electron chi connectivity index (χ3n) is 7.27. The van der Waals surface area contributed by atoms with E-state index in [-0.39, 0.29) is 11.3 Å². The second-order valence-corrected chi connectivity index (χ2v) is 13.0. The number of nitrogens with zero attached hydrogens (tertiary/aromatic N) is 1. The molecule has 1 unspecified atom stereocenters. The van der Waals surface area contributed by atoms with Crippen LogP contribution in [0.3, 0.4) is 0 Å². The smallest absolute Gasteiger partial charge is 0.255 e. The molecule has 1 atom stereocenters. The largest absolute Gasteiger partial charge is 0.494 e. The summed E-state index contributed by atoms with van der Waals surface area (Å²) < 4.78 is 24.0. The Morgan fingerprint density at radius 2 is 1.88 bits per heavy atom. The van der Waals surface area contributed by atoms with E-state index in [4.69, 9.17) is 9.47 Å². The molecule has 0 aliphatic carbocycles. The fraction of sp³-hybridized carbons (Fsp3) is 0.438. The highest BCUT2D eigenvalue weighted by Crippen LogP contribution is 2.36. The van der Waals surface area contributed by atoms with Gasteiger partial charge in [0.2, 0.25) is 0 Å². The van der Waals surface area contributed by atoms with Crippen LogP contribution < -0.4 is 20.1 Å². The molecule has 40 heavy (non-hydrogen) atoms. The fourth-order valence-corrected chi connectivity index (χ4v) is 5.62. The average Bonchev–Trinajstić information content (AvgIpc) is 2.90. The van der Waals surface area contributed by atoms with Gasteiger partial charge in [0.1, 0.15) is 17.2 Å². The fourth-order valence-electron chi connectivity index (χ4n) is 4.97. The van der Waals surface area contributed by atoms with Gasteiger partial charge in [-0.25, -0.2) is 0 Å². The summed E-state index contributed by atoms with van der Waals surface area (Å²) in [6.45, 7) is 10.4. The molecule has 214 valence electrons. The number of aromatic nitrogens is 1. The molecule has 0 bridgehead atoms. The first-order valence-corrected chi connectivity index (χ1v) is 15.5. The zero-order chi connectivity index (χ0) is 28.9. The minimum atomic E-state index is -1.07. The van der Waals surface area contributed by atoms with Gasteiger partial charge in [0.25, 0.3) is 5.91 Å². The predicted molar refractivity (Wildman–Crippen MR) is 162 cm³/mol. The lowest BCUT2D eigenvalue weighted by Crippen LogP contribution is -2.28. The number of anilines is 1. The number of nitrogens with one attached hydrogen (secondary N) is 2. The van der Waals surface area contributed by atoms with Crippen molar-refractivity contribution in [2.24, 2.45) is 5.92 Å². The number of rotatable bonds is 9. The van der Waals surface area contributed by atoms with Crippen LogP contribution in [0, 0.1) is 12.8 Å². The first kappa shape index (κ1) is 29.7. The molecular weight excluding hydrogens is 522 g/mol. The number of ether oxygens (including phenoxy) is 2. The van der Waals surface area contributed by atoms with Gasteiger partial charge >= 0.3 is 0 Å². The Kier molecular flexibility index (Phi) is 9.64. The molecule has 1 amide bonds. The number of amides is 1. The summed E-state index contributed by atoms with van der Waals surface area (Å²) >= 11 is 0. The molecule has 0 spiro atoms. The Labute approximate surface area is 240 Å².